The van der Waals surface area contributed by atoms with E-state index in [1.165, 1.54) is 0 Å². The van der Waals surface area contributed by atoms with Gasteiger partial charge in [-0.3, -0.25) is 0 Å². The normalized spacial score (nSPS) is 10.8. The van der Waals surface area contributed by atoms with Crippen molar-refractivity contribution in [3.8, 4) is 11.1 Å². The molecule has 2 nitrogen and oxygen atoms in total. The summed E-state index contributed by atoms with van der Waals surface area (Å²) >= 11 is 3.53. The Morgan fingerprint density at radius 3 is 1.37 bits per heavy atom. The lowest BCUT2D eigenvalue weighted by Gasteiger charge is -2.12. The van der Waals surface area contributed by atoms with E-state index in [4.69, 9.17) is 9.47 Å². The summed E-state index contributed by atoms with van der Waals surface area (Å²) in [5, 5.41) is 0. The molecule has 35 heavy (non-hydrogen) atoms. The average Bonchev–Trinajstić information content (AvgIpc) is 2.90. The molecule has 4 aromatic rings. The molecule has 0 fully saturated rings. The van der Waals surface area contributed by atoms with Crippen LogP contribution in [0.2, 0.25) is 0 Å². The van der Waals surface area contributed by atoms with Crippen molar-refractivity contribution in [2.45, 2.75) is 26.4 Å². The van der Waals surface area contributed by atoms with Crippen molar-refractivity contribution in [2.24, 2.45) is 0 Å². The van der Waals surface area contributed by atoms with Crippen LogP contribution in [0.1, 0.15) is 33.4 Å². The molecule has 0 saturated heterocycles. The van der Waals surface area contributed by atoms with Crippen LogP contribution >= 0.6 is 15.9 Å². The minimum atomic E-state index is 0.531. The van der Waals surface area contributed by atoms with E-state index in [1.54, 1.807) is 0 Å². The standard InChI is InChI=1S/C32H29BrO2/c1-3-24-5-9-26(10-6-24)20-34-22-28-17-29(19-31(18-28)30-13-15-32(33)16-14-30)23-35-21-27-11-7-25(4-2)8-12-27/h3-19H,1-2,20-23H2. The molecule has 176 valence electrons. The maximum absolute atomic E-state index is 6.06. The van der Waals surface area contributed by atoms with Crippen LogP contribution < -0.4 is 0 Å². The van der Waals surface area contributed by atoms with Gasteiger partial charge in [-0.05, 0) is 68.8 Å². The zero-order valence-electron chi connectivity index (χ0n) is 19.8. The van der Waals surface area contributed by atoms with Crippen LogP contribution in [0.3, 0.4) is 0 Å². The zero-order chi connectivity index (χ0) is 24.5. The third-order valence-corrected chi connectivity index (χ3v) is 6.26. The molecule has 0 atom stereocenters. The van der Waals surface area contributed by atoms with Gasteiger partial charge in [0.05, 0.1) is 26.4 Å². The molecule has 0 bridgehead atoms. The molecule has 0 N–H and O–H groups in total. The molecule has 0 aliphatic carbocycles. The fourth-order valence-corrected chi connectivity index (χ4v) is 4.08. The second-order valence-electron chi connectivity index (χ2n) is 8.42. The minimum absolute atomic E-state index is 0.531. The van der Waals surface area contributed by atoms with Gasteiger partial charge < -0.3 is 9.47 Å². The highest BCUT2D eigenvalue weighted by Crippen LogP contribution is 2.25. The summed E-state index contributed by atoms with van der Waals surface area (Å²) in [4.78, 5) is 0. The lowest BCUT2D eigenvalue weighted by molar-refractivity contribution is 0.103. The summed E-state index contributed by atoms with van der Waals surface area (Å²) in [7, 11) is 0. The van der Waals surface area contributed by atoms with Crippen LogP contribution in [-0.2, 0) is 35.9 Å². The Balaban J connectivity index is 1.45. The molecule has 3 heteroatoms. The molecule has 0 aromatic heterocycles. The van der Waals surface area contributed by atoms with Crippen LogP contribution in [0, 0.1) is 0 Å². The lowest BCUT2D eigenvalue weighted by atomic mass is 10.00. The van der Waals surface area contributed by atoms with E-state index in [1.807, 2.05) is 12.2 Å². The van der Waals surface area contributed by atoms with Gasteiger partial charge in [0, 0.05) is 4.47 Å². The third kappa shape index (κ3) is 7.37. The summed E-state index contributed by atoms with van der Waals surface area (Å²) < 4.78 is 13.2. The first-order chi connectivity index (χ1) is 17.1. The van der Waals surface area contributed by atoms with E-state index >= 15 is 0 Å². The predicted molar refractivity (Wildman–Crippen MR) is 150 cm³/mol. The Morgan fingerprint density at radius 2 is 0.943 bits per heavy atom. The Labute approximate surface area is 216 Å². The van der Waals surface area contributed by atoms with E-state index < -0.39 is 0 Å². The minimum Gasteiger partial charge on any atom is -0.372 e. The largest absolute Gasteiger partial charge is 0.372 e. The molecular weight excluding hydrogens is 496 g/mol. The van der Waals surface area contributed by atoms with Gasteiger partial charge in [-0.2, -0.15) is 0 Å². The molecule has 0 aliphatic heterocycles. The van der Waals surface area contributed by atoms with E-state index in [9.17, 15) is 0 Å². The maximum Gasteiger partial charge on any atom is 0.0721 e. The Hall–Kier alpha value is -3.24. The maximum atomic E-state index is 6.06. The van der Waals surface area contributed by atoms with Crippen molar-refractivity contribution < 1.29 is 9.47 Å². The third-order valence-electron chi connectivity index (χ3n) is 5.74. The fourth-order valence-electron chi connectivity index (χ4n) is 3.81. The predicted octanol–water partition coefficient (Wildman–Crippen LogP) is 8.84. The molecule has 0 saturated carbocycles. The highest BCUT2D eigenvalue weighted by Gasteiger charge is 2.06. The molecule has 0 unspecified atom stereocenters. The Kier molecular flexibility index (Phi) is 8.85. The van der Waals surface area contributed by atoms with Gasteiger partial charge in [0.1, 0.15) is 0 Å². The number of ether oxygens (including phenoxy) is 2. The van der Waals surface area contributed by atoms with Crippen LogP contribution in [0.4, 0.5) is 0 Å². The number of hydrogen-bond acceptors (Lipinski definition) is 2. The monoisotopic (exact) mass is 524 g/mol. The molecular formula is C32H29BrO2. The highest BCUT2D eigenvalue weighted by atomic mass is 79.9. The molecule has 0 aliphatic rings. The Bertz CT molecular complexity index is 1180. The van der Waals surface area contributed by atoms with Gasteiger partial charge in [0.2, 0.25) is 0 Å². The van der Waals surface area contributed by atoms with E-state index in [2.05, 4.69) is 120 Å². The zero-order valence-corrected chi connectivity index (χ0v) is 21.3. The summed E-state index contributed by atoms with van der Waals surface area (Å²) in [6.07, 6.45) is 3.69. The summed E-state index contributed by atoms with van der Waals surface area (Å²) in [6.45, 7) is 9.80. The number of benzene rings is 4. The van der Waals surface area contributed by atoms with E-state index in [-0.39, 0.29) is 0 Å². The first-order valence-corrected chi connectivity index (χ1v) is 12.4. The SMILES string of the molecule is C=Cc1ccc(COCc2cc(COCc3ccc(C=C)cc3)cc(-c3ccc(Br)cc3)c2)cc1. The number of hydrogen-bond donors (Lipinski definition) is 0. The first kappa shape index (κ1) is 24.9. The lowest BCUT2D eigenvalue weighted by Crippen LogP contribution is -1.99. The van der Waals surface area contributed by atoms with Crippen molar-refractivity contribution in [2.75, 3.05) is 0 Å². The van der Waals surface area contributed by atoms with Crippen LogP contribution in [0.5, 0.6) is 0 Å². The summed E-state index contributed by atoms with van der Waals surface area (Å²) in [5.41, 5.74) is 9.08. The molecule has 0 amide bonds. The molecule has 0 radical (unpaired) electrons. The molecule has 0 heterocycles. The summed E-state index contributed by atoms with van der Waals surface area (Å²) in [6, 6.07) is 31.5. The smallest absolute Gasteiger partial charge is 0.0721 e. The van der Waals surface area contributed by atoms with E-state index in [0.717, 1.165) is 49.0 Å². The van der Waals surface area contributed by atoms with Crippen molar-refractivity contribution in [3.05, 3.63) is 142 Å². The number of halogens is 1. The second-order valence-corrected chi connectivity index (χ2v) is 9.34. The number of rotatable bonds is 11. The van der Waals surface area contributed by atoms with Crippen molar-refractivity contribution in [1.29, 1.82) is 0 Å². The fraction of sp³-hybridized carbons (Fsp3) is 0.125. The van der Waals surface area contributed by atoms with Gasteiger partial charge in [-0.1, -0.05) is 108 Å². The molecule has 0 spiro atoms. The average molecular weight is 525 g/mol. The Morgan fingerprint density at radius 1 is 0.514 bits per heavy atom. The van der Waals surface area contributed by atoms with Crippen LogP contribution in [0.15, 0.2) is 109 Å². The van der Waals surface area contributed by atoms with Crippen molar-refractivity contribution >= 4 is 28.1 Å². The first-order valence-electron chi connectivity index (χ1n) is 11.6. The second kappa shape index (κ2) is 12.5. The van der Waals surface area contributed by atoms with Crippen molar-refractivity contribution in [1.82, 2.24) is 0 Å². The van der Waals surface area contributed by atoms with Crippen LogP contribution in [-0.4, -0.2) is 0 Å². The molecule has 4 aromatic carbocycles. The van der Waals surface area contributed by atoms with Crippen molar-refractivity contribution in [3.63, 3.8) is 0 Å². The van der Waals surface area contributed by atoms with Crippen LogP contribution in [0.25, 0.3) is 23.3 Å². The summed E-state index contributed by atoms with van der Waals surface area (Å²) in [5.74, 6) is 0. The van der Waals surface area contributed by atoms with Gasteiger partial charge in [-0.15, -0.1) is 0 Å². The van der Waals surface area contributed by atoms with Gasteiger partial charge >= 0.3 is 0 Å². The van der Waals surface area contributed by atoms with Gasteiger partial charge in [-0.25, -0.2) is 0 Å². The van der Waals surface area contributed by atoms with E-state index in [0.29, 0.717) is 26.4 Å². The van der Waals surface area contributed by atoms with Gasteiger partial charge in [0.25, 0.3) is 0 Å². The molecule has 4 rings (SSSR count). The van der Waals surface area contributed by atoms with Gasteiger partial charge in [0.15, 0.2) is 0 Å². The quantitative estimate of drug-likeness (QED) is 0.195. The topological polar surface area (TPSA) is 18.5 Å². The highest BCUT2D eigenvalue weighted by molar-refractivity contribution is 9.10.